The van der Waals surface area contributed by atoms with Gasteiger partial charge in [-0.2, -0.15) is 0 Å². The Kier molecular flexibility index (Phi) is 5.51. The largest absolute Gasteiger partial charge is 0.486 e. The fraction of sp³-hybridized carbons (Fsp3) is 0.238. The average Bonchev–Trinajstić information content (AvgIpc) is 2.78. The molecule has 3 heterocycles. The highest BCUT2D eigenvalue weighted by atomic mass is 16.6. The van der Waals surface area contributed by atoms with Crippen molar-refractivity contribution in [3.8, 4) is 11.5 Å². The molecule has 1 amide bonds. The van der Waals surface area contributed by atoms with Crippen LogP contribution in [0.15, 0.2) is 55.1 Å². The summed E-state index contributed by atoms with van der Waals surface area (Å²) in [6, 6.07) is 9.45. The van der Waals surface area contributed by atoms with Gasteiger partial charge >= 0.3 is 0 Å². The third-order valence-corrected chi connectivity index (χ3v) is 4.52. The number of carbonyl (C=O) groups excluding carboxylic acids is 1. The van der Waals surface area contributed by atoms with E-state index in [0.717, 1.165) is 23.4 Å². The molecule has 0 saturated heterocycles. The molecule has 2 aromatic heterocycles. The van der Waals surface area contributed by atoms with Gasteiger partial charge in [0.25, 0.3) is 5.91 Å². The van der Waals surface area contributed by atoms with E-state index in [0.29, 0.717) is 37.0 Å². The quantitative estimate of drug-likeness (QED) is 0.691. The fourth-order valence-electron chi connectivity index (χ4n) is 2.92. The lowest BCUT2D eigenvalue weighted by Crippen LogP contribution is -2.29. The van der Waals surface area contributed by atoms with Crippen molar-refractivity contribution in [3.05, 3.63) is 66.4 Å². The molecule has 148 valence electrons. The Labute approximate surface area is 168 Å². The molecule has 4 rings (SSSR count). The van der Waals surface area contributed by atoms with Gasteiger partial charge in [-0.25, -0.2) is 9.97 Å². The third kappa shape index (κ3) is 4.60. The molecule has 1 aliphatic rings. The first-order chi connectivity index (χ1) is 14.2. The predicted octanol–water partition coefficient (Wildman–Crippen LogP) is 2.70. The summed E-state index contributed by atoms with van der Waals surface area (Å²) in [5.74, 6) is 1.79. The molecular formula is C21H21N5O3. The van der Waals surface area contributed by atoms with Crippen LogP contribution in [0.1, 0.15) is 16.1 Å². The van der Waals surface area contributed by atoms with Crippen molar-refractivity contribution < 1.29 is 14.3 Å². The van der Waals surface area contributed by atoms with Gasteiger partial charge in [-0.15, -0.1) is 0 Å². The second kappa shape index (κ2) is 8.55. The maximum absolute atomic E-state index is 12.6. The van der Waals surface area contributed by atoms with Gasteiger partial charge in [0.1, 0.15) is 24.7 Å². The maximum atomic E-state index is 12.6. The molecule has 29 heavy (non-hydrogen) atoms. The summed E-state index contributed by atoms with van der Waals surface area (Å²) in [4.78, 5) is 26.8. The van der Waals surface area contributed by atoms with Crippen LogP contribution in [-0.4, -0.2) is 52.6 Å². The van der Waals surface area contributed by atoms with Gasteiger partial charge in [0, 0.05) is 37.7 Å². The zero-order chi connectivity index (χ0) is 20.1. The number of rotatable bonds is 6. The van der Waals surface area contributed by atoms with E-state index in [1.165, 1.54) is 6.20 Å². The molecule has 8 heteroatoms. The molecule has 0 saturated carbocycles. The second-order valence-electron chi connectivity index (χ2n) is 6.60. The second-order valence-corrected chi connectivity index (χ2v) is 6.60. The van der Waals surface area contributed by atoms with E-state index < -0.39 is 0 Å². The number of nitrogens with one attached hydrogen (secondary N) is 1. The highest BCUT2D eigenvalue weighted by molar-refractivity contribution is 5.91. The van der Waals surface area contributed by atoms with Gasteiger partial charge < -0.3 is 19.7 Å². The first-order valence-electron chi connectivity index (χ1n) is 9.32. The van der Waals surface area contributed by atoms with Crippen LogP contribution in [0.5, 0.6) is 11.5 Å². The summed E-state index contributed by atoms with van der Waals surface area (Å²) < 4.78 is 11.1. The molecule has 0 aliphatic carbocycles. The summed E-state index contributed by atoms with van der Waals surface area (Å²) >= 11 is 0. The number of amides is 1. The van der Waals surface area contributed by atoms with Crippen molar-refractivity contribution in [2.45, 2.75) is 6.42 Å². The predicted molar refractivity (Wildman–Crippen MR) is 108 cm³/mol. The number of anilines is 2. The minimum Gasteiger partial charge on any atom is -0.486 e. The van der Waals surface area contributed by atoms with Crippen LogP contribution in [0.3, 0.4) is 0 Å². The van der Waals surface area contributed by atoms with Gasteiger partial charge in [-0.3, -0.25) is 9.78 Å². The number of ether oxygens (including phenoxy) is 2. The van der Waals surface area contributed by atoms with E-state index in [-0.39, 0.29) is 5.91 Å². The van der Waals surface area contributed by atoms with Crippen LogP contribution in [0.2, 0.25) is 0 Å². The lowest BCUT2D eigenvalue weighted by atomic mass is 10.2. The van der Waals surface area contributed by atoms with Gasteiger partial charge in [0.05, 0.1) is 12.4 Å². The van der Waals surface area contributed by atoms with Crippen molar-refractivity contribution in [3.63, 3.8) is 0 Å². The summed E-state index contributed by atoms with van der Waals surface area (Å²) in [6.45, 7) is 1.67. The SMILES string of the molecule is CN(CCc1ccncc1)C(=O)c1cnc(Nc2ccc3c(c2)OCCO3)cn1. The molecule has 0 spiro atoms. The van der Waals surface area contributed by atoms with Crippen molar-refractivity contribution >= 4 is 17.4 Å². The highest BCUT2D eigenvalue weighted by Crippen LogP contribution is 2.33. The Bertz CT molecular complexity index is 979. The van der Waals surface area contributed by atoms with Gasteiger partial charge in [-0.05, 0) is 36.2 Å². The van der Waals surface area contributed by atoms with Crippen LogP contribution in [0, 0.1) is 0 Å². The van der Waals surface area contributed by atoms with E-state index in [1.807, 2.05) is 30.3 Å². The van der Waals surface area contributed by atoms with Crippen LogP contribution < -0.4 is 14.8 Å². The normalized spacial score (nSPS) is 12.3. The molecule has 1 aromatic carbocycles. The molecule has 0 bridgehead atoms. The smallest absolute Gasteiger partial charge is 0.273 e. The molecule has 3 aromatic rings. The molecule has 1 aliphatic heterocycles. The number of nitrogens with zero attached hydrogens (tertiary/aromatic N) is 4. The topological polar surface area (TPSA) is 89.5 Å². The van der Waals surface area contributed by atoms with Crippen LogP contribution in [0.25, 0.3) is 0 Å². The van der Waals surface area contributed by atoms with E-state index >= 15 is 0 Å². The van der Waals surface area contributed by atoms with Gasteiger partial charge in [-0.1, -0.05) is 0 Å². The van der Waals surface area contributed by atoms with E-state index in [9.17, 15) is 4.79 Å². The zero-order valence-corrected chi connectivity index (χ0v) is 16.0. The Hall–Kier alpha value is -3.68. The molecule has 0 fully saturated rings. The molecule has 1 N–H and O–H groups in total. The fourth-order valence-corrected chi connectivity index (χ4v) is 2.92. The minimum absolute atomic E-state index is 0.169. The number of aromatic nitrogens is 3. The van der Waals surface area contributed by atoms with E-state index in [1.54, 1.807) is 30.5 Å². The number of carbonyl (C=O) groups is 1. The van der Waals surface area contributed by atoms with Crippen LogP contribution in [-0.2, 0) is 6.42 Å². The Morgan fingerprint density at radius 2 is 1.86 bits per heavy atom. The standard InChI is InChI=1S/C21H21N5O3/c1-26(9-6-15-4-7-22-8-5-15)21(27)17-13-24-20(14-23-17)25-16-2-3-18-19(12-16)29-11-10-28-18/h2-5,7-8,12-14H,6,9-11H2,1H3,(H,24,25). The average molecular weight is 391 g/mol. The maximum Gasteiger partial charge on any atom is 0.273 e. The highest BCUT2D eigenvalue weighted by Gasteiger charge is 2.15. The molecule has 0 unspecified atom stereocenters. The lowest BCUT2D eigenvalue weighted by molar-refractivity contribution is 0.0790. The first kappa shape index (κ1) is 18.7. The zero-order valence-electron chi connectivity index (χ0n) is 16.0. The molecule has 0 atom stereocenters. The number of hydrogen-bond acceptors (Lipinski definition) is 7. The van der Waals surface area contributed by atoms with E-state index in [2.05, 4.69) is 20.3 Å². The van der Waals surface area contributed by atoms with Gasteiger partial charge in [0.15, 0.2) is 11.5 Å². The first-order valence-corrected chi connectivity index (χ1v) is 9.32. The van der Waals surface area contributed by atoms with Gasteiger partial charge in [0.2, 0.25) is 0 Å². The minimum atomic E-state index is -0.169. The number of fused-ring (bicyclic) bond motifs is 1. The Morgan fingerprint density at radius 1 is 1.07 bits per heavy atom. The lowest BCUT2D eigenvalue weighted by Gasteiger charge is -2.19. The van der Waals surface area contributed by atoms with E-state index in [4.69, 9.17) is 9.47 Å². The van der Waals surface area contributed by atoms with Crippen molar-refractivity contribution in [1.29, 1.82) is 0 Å². The summed E-state index contributed by atoms with van der Waals surface area (Å²) in [7, 11) is 1.76. The van der Waals surface area contributed by atoms with Crippen molar-refractivity contribution in [1.82, 2.24) is 19.9 Å². The Balaban J connectivity index is 1.36. The third-order valence-electron chi connectivity index (χ3n) is 4.52. The monoisotopic (exact) mass is 391 g/mol. The molecule has 8 nitrogen and oxygen atoms in total. The Morgan fingerprint density at radius 3 is 2.62 bits per heavy atom. The van der Waals surface area contributed by atoms with Crippen molar-refractivity contribution in [2.24, 2.45) is 0 Å². The van der Waals surface area contributed by atoms with Crippen LogP contribution >= 0.6 is 0 Å². The molecular weight excluding hydrogens is 370 g/mol. The summed E-state index contributed by atoms with van der Waals surface area (Å²) in [6.07, 6.45) is 7.26. The van der Waals surface area contributed by atoms with Crippen molar-refractivity contribution in [2.75, 3.05) is 32.1 Å². The molecule has 0 radical (unpaired) electrons. The number of hydrogen-bond donors (Lipinski definition) is 1. The number of benzene rings is 1. The number of likely N-dealkylation sites (N-methyl/N-ethyl adjacent to an activating group) is 1. The summed E-state index contributed by atoms with van der Waals surface area (Å²) in [5, 5.41) is 3.16. The van der Waals surface area contributed by atoms with Crippen LogP contribution in [0.4, 0.5) is 11.5 Å². The number of pyridine rings is 1. The summed E-state index contributed by atoms with van der Waals surface area (Å²) in [5.41, 5.74) is 2.23.